The van der Waals surface area contributed by atoms with Crippen LogP contribution in [0.5, 0.6) is 0 Å². The fraction of sp³-hybridized carbons (Fsp3) is 0.600. The third-order valence-electron chi connectivity index (χ3n) is 1.16. The molecule has 62 valence electrons. The average molecular weight is 159 g/mol. The topological polar surface area (TPSA) is 102 Å². The summed E-state index contributed by atoms with van der Waals surface area (Å²) in [5, 5.41) is 2.17. The summed E-state index contributed by atoms with van der Waals surface area (Å²) in [5.74, 6) is 4.02. The summed E-state index contributed by atoms with van der Waals surface area (Å²) < 4.78 is 0. The number of aldehydes is 1. The minimum atomic E-state index is -0.880. The van der Waals surface area contributed by atoms with Crippen LogP contribution in [0.4, 0.5) is 0 Å². The molecule has 6 heteroatoms. The molecule has 0 aliphatic heterocycles. The Bertz CT molecular complexity index is 159. The summed E-state index contributed by atoms with van der Waals surface area (Å²) in [7, 11) is 0. The Labute approximate surface area is 63.1 Å². The molecule has 0 saturated heterocycles. The van der Waals surface area contributed by atoms with E-state index in [0.717, 1.165) is 0 Å². The molecule has 11 heavy (non-hydrogen) atoms. The van der Waals surface area contributed by atoms with Crippen LogP contribution >= 0.6 is 0 Å². The molecule has 0 aromatic carbocycles. The number of hydrogen-bond acceptors (Lipinski definition) is 5. The molecule has 0 radical (unpaired) electrons. The van der Waals surface area contributed by atoms with Crippen molar-refractivity contribution in [2.45, 2.75) is 18.9 Å². The van der Waals surface area contributed by atoms with E-state index in [-0.39, 0.29) is 12.8 Å². The summed E-state index contributed by atoms with van der Waals surface area (Å²) in [6.45, 7) is 0. The first kappa shape index (κ1) is 9.86. The second kappa shape index (κ2) is 5.63. The van der Waals surface area contributed by atoms with Crippen LogP contribution in [0.3, 0.4) is 0 Å². The molecule has 0 aliphatic rings. The number of hydrazine groups is 1. The van der Waals surface area contributed by atoms with Crippen LogP contribution in [0.1, 0.15) is 12.8 Å². The average Bonchev–Trinajstić information content (AvgIpc) is 2.05. The second-order valence-corrected chi connectivity index (χ2v) is 1.89. The quantitative estimate of drug-likeness (QED) is 0.234. The van der Waals surface area contributed by atoms with Gasteiger partial charge < -0.3 is 4.79 Å². The van der Waals surface area contributed by atoms with E-state index in [4.69, 9.17) is 5.84 Å². The number of nitrogens with one attached hydrogen (secondary N) is 1. The van der Waals surface area contributed by atoms with E-state index in [1.54, 1.807) is 0 Å². The standard InChI is InChI=1S/C5H9N3O3/c6-7-4(2-1-3-9)5(10)8-11/h3-4,7H,1-2,6H2/t4-/m0/s1. The molecule has 1 amide bonds. The van der Waals surface area contributed by atoms with Crippen molar-refractivity contribution in [1.82, 2.24) is 5.43 Å². The van der Waals surface area contributed by atoms with Gasteiger partial charge in [0.2, 0.25) is 0 Å². The zero-order valence-corrected chi connectivity index (χ0v) is 5.82. The van der Waals surface area contributed by atoms with Crippen LogP contribution in [0.25, 0.3) is 0 Å². The van der Waals surface area contributed by atoms with Gasteiger partial charge in [0.1, 0.15) is 12.3 Å². The second-order valence-electron chi connectivity index (χ2n) is 1.89. The maximum absolute atomic E-state index is 10.5. The summed E-state index contributed by atoms with van der Waals surface area (Å²) in [4.78, 5) is 30.0. The van der Waals surface area contributed by atoms with Crippen molar-refractivity contribution in [3.63, 3.8) is 0 Å². The molecule has 0 spiro atoms. The minimum Gasteiger partial charge on any atom is -0.303 e. The first-order valence-corrected chi connectivity index (χ1v) is 3.03. The molecule has 1 atom stereocenters. The Morgan fingerprint density at radius 3 is 2.73 bits per heavy atom. The smallest absolute Gasteiger partial charge is 0.303 e. The van der Waals surface area contributed by atoms with Crippen LogP contribution in [0, 0.1) is 4.91 Å². The molecular weight excluding hydrogens is 150 g/mol. The van der Waals surface area contributed by atoms with Crippen molar-refractivity contribution >= 4 is 12.2 Å². The highest BCUT2D eigenvalue weighted by Gasteiger charge is 2.15. The van der Waals surface area contributed by atoms with Crippen LogP contribution < -0.4 is 11.3 Å². The number of carbonyl (C=O) groups excluding carboxylic acids is 2. The summed E-state index contributed by atoms with van der Waals surface area (Å²) in [6, 6.07) is -0.835. The molecule has 0 fully saturated rings. The Balaban J connectivity index is 3.83. The molecule has 0 aliphatic carbocycles. The maximum Gasteiger partial charge on any atom is 0.304 e. The van der Waals surface area contributed by atoms with E-state index in [0.29, 0.717) is 6.29 Å². The third-order valence-corrected chi connectivity index (χ3v) is 1.16. The predicted octanol–water partition coefficient (Wildman–Crippen LogP) is -0.910. The zero-order valence-electron chi connectivity index (χ0n) is 5.82. The molecule has 0 bridgehead atoms. The lowest BCUT2D eigenvalue weighted by Gasteiger charge is -2.06. The molecule has 0 heterocycles. The number of carbonyl (C=O) groups is 2. The Morgan fingerprint density at radius 2 is 2.36 bits per heavy atom. The number of nitrogens with zero attached hydrogens (tertiary/aromatic N) is 1. The maximum atomic E-state index is 10.5. The summed E-state index contributed by atoms with van der Waals surface area (Å²) in [5.41, 5.74) is 2.09. The van der Waals surface area contributed by atoms with Crippen LogP contribution in [0.15, 0.2) is 5.18 Å². The zero-order chi connectivity index (χ0) is 8.69. The van der Waals surface area contributed by atoms with Gasteiger partial charge in [0, 0.05) is 11.6 Å². The fourth-order valence-electron chi connectivity index (χ4n) is 0.576. The third kappa shape index (κ3) is 3.54. The van der Waals surface area contributed by atoms with E-state index in [9.17, 15) is 14.5 Å². The number of rotatable bonds is 5. The molecule has 0 saturated carbocycles. The van der Waals surface area contributed by atoms with Gasteiger partial charge in [-0.05, 0) is 6.42 Å². The van der Waals surface area contributed by atoms with Gasteiger partial charge in [-0.1, -0.05) is 0 Å². The summed E-state index contributed by atoms with van der Waals surface area (Å²) in [6.07, 6.45) is 1.02. The van der Waals surface area contributed by atoms with E-state index in [2.05, 4.69) is 10.6 Å². The van der Waals surface area contributed by atoms with Gasteiger partial charge in [-0.2, -0.15) is 0 Å². The highest BCUT2D eigenvalue weighted by molar-refractivity contribution is 5.82. The number of nitrogens with two attached hydrogens (primary N) is 1. The Kier molecular flexibility index (Phi) is 5.05. The number of nitroso groups, excluding NO2 is 1. The van der Waals surface area contributed by atoms with Crippen LogP contribution in [0.2, 0.25) is 0 Å². The van der Waals surface area contributed by atoms with Gasteiger partial charge in [-0.3, -0.25) is 10.6 Å². The molecule has 6 nitrogen and oxygen atoms in total. The monoisotopic (exact) mass is 159 g/mol. The molecule has 0 rings (SSSR count). The van der Waals surface area contributed by atoms with E-state index in [1.165, 1.54) is 0 Å². The SMILES string of the molecule is NN[C@@H](CCC=O)C(=O)N=O. The molecular formula is C5H9N3O3. The lowest BCUT2D eigenvalue weighted by atomic mass is 10.2. The van der Waals surface area contributed by atoms with Gasteiger partial charge in [0.15, 0.2) is 0 Å². The van der Waals surface area contributed by atoms with Crippen LogP contribution in [-0.4, -0.2) is 18.2 Å². The molecule has 0 aromatic rings. The van der Waals surface area contributed by atoms with E-state index < -0.39 is 11.9 Å². The summed E-state index contributed by atoms with van der Waals surface area (Å²) >= 11 is 0. The normalized spacial score (nSPS) is 12.1. The van der Waals surface area contributed by atoms with Crippen molar-refractivity contribution in [3.05, 3.63) is 4.91 Å². The molecule has 3 N–H and O–H groups in total. The van der Waals surface area contributed by atoms with E-state index in [1.807, 2.05) is 0 Å². The number of hydrogen-bond donors (Lipinski definition) is 2. The Morgan fingerprint density at radius 1 is 1.73 bits per heavy atom. The van der Waals surface area contributed by atoms with Gasteiger partial charge in [0.25, 0.3) is 0 Å². The predicted molar refractivity (Wildman–Crippen MR) is 37.2 cm³/mol. The highest BCUT2D eigenvalue weighted by atomic mass is 16.3. The molecule has 0 unspecified atom stereocenters. The van der Waals surface area contributed by atoms with Crippen molar-refractivity contribution in [3.8, 4) is 0 Å². The van der Waals surface area contributed by atoms with Crippen LogP contribution in [-0.2, 0) is 9.59 Å². The van der Waals surface area contributed by atoms with Crippen molar-refractivity contribution in [2.24, 2.45) is 11.0 Å². The minimum absolute atomic E-state index is 0.177. The van der Waals surface area contributed by atoms with Crippen molar-refractivity contribution < 1.29 is 9.59 Å². The van der Waals surface area contributed by atoms with Gasteiger partial charge >= 0.3 is 5.91 Å². The van der Waals surface area contributed by atoms with Crippen molar-refractivity contribution in [1.29, 1.82) is 0 Å². The Hall–Kier alpha value is -1.14. The first-order valence-electron chi connectivity index (χ1n) is 3.03. The number of amides is 1. The van der Waals surface area contributed by atoms with Gasteiger partial charge in [-0.15, -0.1) is 4.91 Å². The largest absolute Gasteiger partial charge is 0.304 e. The van der Waals surface area contributed by atoms with Gasteiger partial charge in [-0.25, -0.2) is 5.43 Å². The lowest BCUT2D eigenvalue weighted by Crippen LogP contribution is -2.40. The highest BCUT2D eigenvalue weighted by Crippen LogP contribution is 1.95. The van der Waals surface area contributed by atoms with Crippen molar-refractivity contribution in [2.75, 3.05) is 0 Å². The fourth-order valence-corrected chi connectivity index (χ4v) is 0.576. The van der Waals surface area contributed by atoms with Gasteiger partial charge in [0.05, 0.1) is 0 Å². The first-order chi connectivity index (χ1) is 5.26. The molecule has 0 aromatic heterocycles. The van der Waals surface area contributed by atoms with E-state index >= 15 is 0 Å². The lowest BCUT2D eigenvalue weighted by molar-refractivity contribution is -0.120.